The molecule has 3 aromatic heterocycles. The largest absolute Gasteiger partial charge is 0.321 e. The third-order valence-electron chi connectivity index (χ3n) is 7.25. The number of nitrogens with one attached hydrogen (secondary N) is 1. The third-order valence-corrected chi connectivity index (χ3v) is 7.25. The van der Waals surface area contributed by atoms with Crippen molar-refractivity contribution in [2.45, 2.75) is 38.1 Å². The molecule has 36 heavy (non-hydrogen) atoms. The molecule has 7 heteroatoms. The van der Waals surface area contributed by atoms with Crippen molar-refractivity contribution >= 4 is 21.9 Å². The highest BCUT2D eigenvalue weighted by molar-refractivity contribution is 5.89. The molecule has 176 valence electrons. The van der Waals surface area contributed by atoms with Crippen molar-refractivity contribution in [1.29, 1.82) is 0 Å². The predicted molar refractivity (Wildman–Crippen MR) is 141 cm³/mol. The second kappa shape index (κ2) is 8.68. The van der Waals surface area contributed by atoms with Crippen LogP contribution in [0.5, 0.6) is 0 Å². The topological polar surface area (TPSA) is 85.2 Å². The molecule has 7 rings (SSSR count). The zero-order chi connectivity index (χ0) is 23.9. The second-order valence-electron chi connectivity index (χ2n) is 9.51. The second-order valence-corrected chi connectivity index (χ2v) is 9.51. The first kappa shape index (κ1) is 20.9. The van der Waals surface area contributed by atoms with Gasteiger partial charge in [-0.3, -0.25) is 0 Å². The molecular weight excluding hydrogens is 446 g/mol. The Morgan fingerprint density at radius 3 is 2.42 bits per heavy atom. The van der Waals surface area contributed by atoms with Gasteiger partial charge >= 0.3 is 0 Å². The molecule has 3 aromatic carbocycles. The van der Waals surface area contributed by atoms with Crippen LogP contribution in [0.3, 0.4) is 0 Å². The van der Waals surface area contributed by atoms with Gasteiger partial charge in [-0.15, -0.1) is 10.2 Å². The fourth-order valence-corrected chi connectivity index (χ4v) is 5.47. The Morgan fingerprint density at radius 2 is 1.58 bits per heavy atom. The molecule has 0 aliphatic heterocycles. The van der Waals surface area contributed by atoms with Crippen LogP contribution in [0.15, 0.2) is 78.9 Å². The van der Waals surface area contributed by atoms with Crippen LogP contribution in [0, 0.1) is 0 Å². The van der Waals surface area contributed by atoms with Gasteiger partial charge in [0.1, 0.15) is 5.82 Å². The summed E-state index contributed by atoms with van der Waals surface area (Å²) in [6.07, 6.45) is 6.19. The summed E-state index contributed by atoms with van der Waals surface area (Å²) >= 11 is 0. The number of fused-ring (bicyclic) bond motifs is 2. The standard InChI is InChI=1S/C29H25N7/c1-3-7-19(8-4-1)24-14-11-20-17-22(12-15-25(20)30-24)29-31-26-18-21(28-32-34-35-33-28)13-16-27(26)36(29)23-9-5-2-6-10-23/h1,3-4,7-8,11-18,23H,2,5-6,9-10H2,(H,32,33,34,35). The Balaban J connectivity index is 1.36. The summed E-state index contributed by atoms with van der Waals surface area (Å²) in [7, 11) is 0. The highest BCUT2D eigenvalue weighted by atomic mass is 15.5. The molecule has 0 unspecified atom stereocenters. The Bertz CT molecular complexity index is 1660. The number of hydrogen-bond donors (Lipinski definition) is 1. The number of aromatic amines is 1. The van der Waals surface area contributed by atoms with Gasteiger partial charge in [0.05, 0.1) is 22.2 Å². The molecule has 0 spiro atoms. The van der Waals surface area contributed by atoms with Crippen molar-refractivity contribution in [3.05, 3.63) is 78.9 Å². The molecule has 0 saturated heterocycles. The minimum Gasteiger partial charge on any atom is -0.321 e. The van der Waals surface area contributed by atoms with Gasteiger partial charge < -0.3 is 4.57 Å². The molecule has 6 aromatic rings. The Kier molecular flexibility index (Phi) is 5.05. The van der Waals surface area contributed by atoms with Crippen molar-refractivity contribution < 1.29 is 0 Å². The number of hydrogen-bond acceptors (Lipinski definition) is 5. The third kappa shape index (κ3) is 3.64. The normalized spacial score (nSPS) is 14.6. The van der Waals surface area contributed by atoms with Gasteiger partial charge in [-0.05, 0) is 60.5 Å². The van der Waals surface area contributed by atoms with E-state index in [0.29, 0.717) is 11.9 Å². The maximum Gasteiger partial charge on any atom is 0.204 e. The monoisotopic (exact) mass is 471 g/mol. The van der Waals surface area contributed by atoms with Crippen molar-refractivity contribution in [1.82, 2.24) is 35.2 Å². The zero-order valence-electron chi connectivity index (χ0n) is 19.8. The van der Waals surface area contributed by atoms with Gasteiger partial charge in [-0.1, -0.05) is 55.7 Å². The van der Waals surface area contributed by atoms with Crippen molar-refractivity contribution in [2.75, 3.05) is 0 Å². The van der Waals surface area contributed by atoms with Crippen molar-refractivity contribution in [3.63, 3.8) is 0 Å². The Labute approximate surface area is 208 Å². The molecule has 7 nitrogen and oxygen atoms in total. The number of nitrogens with zero attached hydrogens (tertiary/aromatic N) is 6. The Morgan fingerprint density at radius 1 is 0.722 bits per heavy atom. The van der Waals surface area contributed by atoms with Gasteiger partial charge in [0.15, 0.2) is 0 Å². The van der Waals surface area contributed by atoms with E-state index in [1.807, 2.05) is 18.2 Å². The van der Waals surface area contributed by atoms with E-state index < -0.39 is 0 Å². The summed E-state index contributed by atoms with van der Waals surface area (Å²) < 4.78 is 2.46. The van der Waals surface area contributed by atoms with E-state index in [2.05, 4.69) is 85.9 Å². The lowest BCUT2D eigenvalue weighted by Crippen LogP contribution is -2.14. The van der Waals surface area contributed by atoms with Gasteiger partial charge in [-0.2, -0.15) is 5.21 Å². The van der Waals surface area contributed by atoms with Crippen molar-refractivity contribution in [2.24, 2.45) is 0 Å². The molecule has 0 amide bonds. The molecule has 1 fully saturated rings. The summed E-state index contributed by atoms with van der Waals surface area (Å²) in [6, 6.07) is 27.8. The quantitative estimate of drug-likeness (QED) is 0.313. The number of tetrazole rings is 1. The number of imidazole rings is 1. The highest BCUT2D eigenvalue weighted by Crippen LogP contribution is 2.37. The van der Waals surface area contributed by atoms with E-state index in [4.69, 9.17) is 9.97 Å². The molecule has 3 heterocycles. The van der Waals surface area contributed by atoms with E-state index in [1.54, 1.807) is 0 Å². The average molecular weight is 472 g/mol. The van der Waals surface area contributed by atoms with Crippen LogP contribution in [0.25, 0.3) is 56.0 Å². The zero-order valence-corrected chi connectivity index (χ0v) is 19.8. The SMILES string of the molecule is c1ccc(-c2ccc3cc(-c4nc5cc(-c6nn[nH]n6)ccc5n4C4CCCCC4)ccc3n2)cc1. The number of H-pyrrole nitrogens is 1. The van der Waals surface area contributed by atoms with Crippen LogP contribution in [-0.2, 0) is 0 Å². The Hall–Kier alpha value is -4.39. The summed E-state index contributed by atoms with van der Waals surface area (Å²) in [5.41, 5.74) is 7.23. The lowest BCUT2D eigenvalue weighted by molar-refractivity contribution is 0.362. The lowest BCUT2D eigenvalue weighted by Gasteiger charge is -2.25. The van der Waals surface area contributed by atoms with Gasteiger partial charge in [0.2, 0.25) is 5.82 Å². The van der Waals surface area contributed by atoms with E-state index in [9.17, 15) is 0 Å². The number of pyridine rings is 1. The molecule has 1 aliphatic rings. The van der Waals surface area contributed by atoms with Crippen LogP contribution < -0.4 is 0 Å². The first-order valence-corrected chi connectivity index (χ1v) is 12.6. The van der Waals surface area contributed by atoms with Gasteiger partial charge in [0, 0.05) is 28.1 Å². The van der Waals surface area contributed by atoms with Gasteiger partial charge in [-0.25, -0.2) is 9.97 Å². The maximum atomic E-state index is 5.16. The molecule has 1 N–H and O–H groups in total. The van der Waals surface area contributed by atoms with E-state index in [-0.39, 0.29) is 0 Å². The lowest BCUT2D eigenvalue weighted by atomic mass is 9.94. The minimum absolute atomic E-state index is 0.448. The first-order valence-electron chi connectivity index (χ1n) is 12.6. The van der Waals surface area contributed by atoms with Crippen LogP contribution in [-0.4, -0.2) is 35.2 Å². The molecule has 0 atom stereocenters. The van der Waals surface area contributed by atoms with Gasteiger partial charge in [0.25, 0.3) is 0 Å². The summed E-state index contributed by atoms with van der Waals surface area (Å²) in [6.45, 7) is 0. The van der Waals surface area contributed by atoms with Crippen LogP contribution in [0.1, 0.15) is 38.1 Å². The van der Waals surface area contributed by atoms with E-state index in [0.717, 1.165) is 50.1 Å². The molecule has 0 radical (unpaired) electrons. The number of aromatic nitrogens is 7. The first-order chi connectivity index (χ1) is 17.8. The predicted octanol–water partition coefficient (Wildman–Crippen LogP) is 6.60. The molecule has 0 bridgehead atoms. The van der Waals surface area contributed by atoms with Crippen LogP contribution in [0.4, 0.5) is 0 Å². The summed E-state index contributed by atoms with van der Waals surface area (Å²) in [5, 5.41) is 15.7. The van der Waals surface area contributed by atoms with Crippen molar-refractivity contribution in [3.8, 4) is 34.0 Å². The van der Waals surface area contributed by atoms with Crippen LogP contribution in [0.2, 0.25) is 0 Å². The fourth-order valence-electron chi connectivity index (χ4n) is 5.47. The molecule has 1 saturated carbocycles. The maximum absolute atomic E-state index is 5.16. The molecule has 1 aliphatic carbocycles. The summed E-state index contributed by atoms with van der Waals surface area (Å²) in [4.78, 5) is 10.1. The highest BCUT2D eigenvalue weighted by Gasteiger charge is 2.23. The fraction of sp³-hybridized carbons (Fsp3) is 0.207. The van der Waals surface area contributed by atoms with E-state index in [1.165, 1.54) is 32.1 Å². The minimum atomic E-state index is 0.448. The van der Waals surface area contributed by atoms with E-state index >= 15 is 0 Å². The molecular formula is C29H25N7. The number of benzene rings is 3. The summed E-state index contributed by atoms with van der Waals surface area (Å²) in [5.74, 6) is 1.59. The average Bonchev–Trinajstić information content (AvgIpc) is 3.62. The smallest absolute Gasteiger partial charge is 0.204 e. The van der Waals surface area contributed by atoms with Crippen LogP contribution >= 0.6 is 0 Å². The number of rotatable bonds is 4.